The van der Waals surface area contributed by atoms with Crippen LogP contribution in [0.4, 0.5) is 0 Å². The lowest BCUT2D eigenvalue weighted by Gasteiger charge is -2.09. The molecule has 0 atom stereocenters. The molecule has 0 amide bonds. The normalized spacial score (nSPS) is 11.6. The van der Waals surface area contributed by atoms with Crippen LogP contribution in [0.1, 0.15) is 32.3 Å². The maximum Gasteiger partial charge on any atom is 0.297 e. The van der Waals surface area contributed by atoms with Gasteiger partial charge in [-0.25, -0.2) is 0 Å². The second-order valence-electron chi connectivity index (χ2n) is 3.57. The number of unbranched alkanes of at least 4 members (excludes halogenated alkanes) is 1. The summed E-state index contributed by atoms with van der Waals surface area (Å²) < 4.78 is 28.4. The van der Waals surface area contributed by atoms with Crippen molar-refractivity contribution < 1.29 is 12.6 Å². The molecule has 0 aliphatic heterocycles. The van der Waals surface area contributed by atoms with Crippen LogP contribution in [0.25, 0.3) is 0 Å². The summed E-state index contributed by atoms with van der Waals surface area (Å²) in [6.07, 6.45) is 2.81. The number of rotatable bonds is 6. The van der Waals surface area contributed by atoms with Crippen molar-refractivity contribution in [3.63, 3.8) is 0 Å². The lowest BCUT2D eigenvalue weighted by atomic mass is 10.1. The van der Waals surface area contributed by atoms with E-state index in [1.165, 1.54) is 0 Å². The first-order chi connectivity index (χ1) is 7.61. The van der Waals surface area contributed by atoms with Crippen LogP contribution in [0.5, 0.6) is 0 Å². The van der Waals surface area contributed by atoms with Crippen LogP contribution in [-0.4, -0.2) is 15.0 Å². The summed E-state index contributed by atoms with van der Waals surface area (Å²) in [6.45, 7) is 3.93. The molecule has 1 aromatic rings. The molecule has 16 heavy (non-hydrogen) atoms. The number of benzene rings is 1. The zero-order valence-electron chi connectivity index (χ0n) is 9.77. The lowest BCUT2D eigenvalue weighted by molar-refractivity contribution is 0.337. The molecule has 0 aromatic heterocycles. The van der Waals surface area contributed by atoms with Crippen molar-refractivity contribution in [3.05, 3.63) is 29.8 Å². The maximum atomic E-state index is 11.8. The molecular weight excluding hydrogens is 224 g/mol. The molecule has 3 nitrogen and oxygen atoms in total. The first-order valence-corrected chi connectivity index (χ1v) is 7.00. The third-order valence-electron chi connectivity index (χ3n) is 2.31. The molecule has 4 heteroatoms. The van der Waals surface area contributed by atoms with E-state index in [1.54, 1.807) is 19.1 Å². The van der Waals surface area contributed by atoms with Crippen LogP contribution in [0.2, 0.25) is 0 Å². The van der Waals surface area contributed by atoms with E-state index >= 15 is 0 Å². The molecule has 0 fully saturated rings. The first kappa shape index (κ1) is 13.2. The Morgan fingerprint density at radius 1 is 1.19 bits per heavy atom. The molecule has 1 aromatic carbocycles. The van der Waals surface area contributed by atoms with Gasteiger partial charge in [0.1, 0.15) is 0 Å². The summed E-state index contributed by atoms with van der Waals surface area (Å²) in [7, 11) is -3.57. The molecule has 0 radical (unpaired) electrons. The number of hydrogen-bond acceptors (Lipinski definition) is 3. The number of aryl methyl sites for hydroxylation is 1. The van der Waals surface area contributed by atoms with Gasteiger partial charge in [-0.15, -0.1) is 0 Å². The van der Waals surface area contributed by atoms with Crippen molar-refractivity contribution in [2.24, 2.45) is 0 Å². The monoisotopic (exact) mass is 242 g/mol. The van der Waals surface area contributed by atoms with Gasteiger partial charge in [-0.1, -0.05) is 31.5 Å². The SMILES string of the molecule is CCCCc1ccccc1S(=O)(=O)OCC. The molecular formula is C12H18O3S. The Kier molecular flexibility index (Phi) is 4.96. The molecule has 90 valence electrons. The van der Waals surface area contributed by atoms with Gasteiger partial charge in [0.05, 0.1) is 11.5 Å². The molecule has 0 N–H and O–H groups in total. The molecule has 0 unspecified atom stereocenters. The average Bonchev–Trinajstić information content (AvgIpc) is 2.26. The van der Waals surface area contributed by atoms with Crippen molar-refractivity contribution in [2.45, 2.75) is 38.0 Å². The van der Waals surface area contributed by atoms with Gasteiger partial charge in [-0.2, -0.15) is 8.42 Å². The minimum atomic E-state index is -3.57. The van der Waals surface area contributed by atoms with Gasteiger partial charge in [0.15, 0.2) is 0 Å². The second-order valence-corrected chi connectivity index (χ2v) is 5.16. The summed E-state index contributed by atoms with van der Waals surface area (Å²) in [4.78, 5) is 0.310. The standard InChI is InChI=1S/C12H18O3S/c1-3-5-8-11-9-6-7-10-12(11)16(13,14)15-4-2/h6-7,9-10H,3-5,8H2,1-2H3. The summed E-state index contributed by atoms with van der Waals surface area (Å²) in [5, 5.41) is 0. The first-order valence-electron chi connectivity index (χ1n) is 5.59. The van der Waals surface area contributed by atoms with Gasteiger partial charge in [-0.3, -0.25) is 4.18 Å². The quantitative estimate of drug-likeness (QED) is 0.720. The highest BCUT2D eigenvalue weighted by Gasteiger charge is 2.17. The second kappa shape index (κ2) is 6.01. The van der Waals surface area contributed by atoms with Crippen LogP contribution in [0.15, 0.2) is 29.2 Å². The molecule has 0 aliphatic carbocycles. The van der Waals surface area contributed by atoms with Crippen molar-refractivity contribution >= 4 is 10.1 Å². The molecule has 0 saturated heterocycles. The summed E-state index contributed by atoms with van der Waals surface area (Å²) in [6, 6.07) is 7.04. The third-order valence-corrected chi connectivity index (χ3v) is 3.80. The highest BCUT2D eigenvalue weighted by Crippen LogP contribution is 2.19. The van der Waals surface area contributed by atoms with Crippen LogP contribution in [0.3, 0.4) is 0 Å². The minimum absolute atomic E-state index is 0.171. The van der Waals surface area contributed by atoms with E-state index in [0.29, 0.717) is 4.90 Å². The van der Waals surface area contributed by atoms with E-state index in [9.17, 15) is 8.42 Å². The molecule has 0 heterocycles. The number of hydrogen-bond donors (Lipinski definition) is 0. The van der Waals surface area contributed by atoms with E-state index < -0.39 is 10.1 Å². The topological polar surface area (TPSA) is 43.4 Å². The van der Waals surface area contributed by atoms with Crippen molar-refractivity contribution in [3.8, 4) is 0 Å². The van der Waals surface area contributed by atoms with Crippen molar-refractivity contribution in [2.75, 3.05) is 6.61 Å². The summed E-state index contributed by atoms with van der Waals surface area (Å²) in [5.41, 5.74) is 0.845. The Labute approximate surface area is 97.6 Å². The van der Waals surface area contributed by atoms with E-state index in [1.807, 2.05) is 12.1 Å². The van der Waals surface area contributed by atoms with Gasteiger partial charge in [-0.05, 0) is 31.4 Å². The molecule has 0 saturated carbocycles. The maximum absolute atomic E-state index is 11.8. The van der Waals surface area contributed by atoms with Gasteiger partial charge >= 0.3 is 0 Å². The van der Waals surface area contributed by atoms with Gasteiger partial charge in [0, 0.05) is 0 Å². The fourth-order valence-electron chi connectivity index (χ4n) is 1.54. The molecule has 0 spiro atoms. The van der Waals surface area contributed by atoms with E-state index in [2.05, 4.69) is 6.92 Å². The predicted octanol–water partition coefficient (Wildman–Crippen LogP) is 2.75. The van der Waals surface area contributed by atoms with Gasteiger partial charge in [0.25, 0.3) is 10.1 Å². The Bertz CT molecular complexity index is 424. The smallest absolute Gasteiger partial charge is 0.267 e. The minimum Gasteiger partial charge on any atom is -0.267 e. The van der Waals surface area contributed by atoms with Crippen LogP contribution in [0, 0.1) is 0 Å². The van der Waals surface area contributed by atoms with E-state index in [0.717, 1.165) is 24.8 Å². The average molecular weight is 242 g/mol. The zero-order chi connectivity index (χ0) is 12.0. The fourth-order valence-corrected chi connectivity index (χ4v) is 2.71. The van der Waals surface area contributed by atoms with Crippen LogP contribution < -0.4 is 0 Å². The molecule has 0 bridgehead atoms. The van der Waals surface area contributed by atoms with E-state index in [-0.39, 0.29) is 6.61 Å². The van der Waals surface area contributed by atoms with Crippen molar-refractivity contribution in [1.82, 2.24) is 0 Å². The largest absolute Gasteiger partial charge is 0.297 e. The Balaban J connectivity index is 3.03. The highest BCUT2D eigenvalue weighted by molar-refractivity contribution is 7.86. The Morgan fingerprint density at radius 2 is 1.88 bits per heavy atom. The zero-order valence-corrected chi connectivity index (χ0v) is 10.6. The fraction of sp³-hybridized carbons (Fsp3) is 0.500. The lowest BCUT2D eigenvalue weighted by Crippen LogP contribution is -2.08. The summed E-state index contributed by atoms with van der Waals surface area (Å²) >= 11 is 0. The van der Waals surface area contributed by atoms with E-state index in [4.69, 9.17) is 4.18 Å². The molecule has 0 aliphatic rings. The van der Waals surface area contributed by atoms with Crippen molar-refractivity contribution in [1.29, 1.82) is 0 Å². The Morgan fingerprint density at radius 3 is 2.50 bits per heavy atom. The van der Waals surface area contributed by atoms with Gasteiger partial charge < -0.3 is 0 Å². The molecule has 1 rings (SSSR count). The highest BCUT2D eigenvalue weighted by atomic mass is 32.2. The predicted molar refractivity (Wildman–Crippen MR) is 63.9 cm³/mol. The Hall–Kier alpha value is -0.870. The van der Waals surface area contributed by atoms with Crippen LogP contribution in [-0.2, 0) is 20.7 Å². The third kappa shape index (κ3) is 3.32. The van der Waals surface area contributed by atoms with Gasteiger partial charge in [0.2, 0.25) is 0 Å². The summed E-state index contributed by atoms with van der Waals surface area (Å²) in [5.74, 6) is 0. The van der Waals surface area contributed by atoms with Crippen LogP contribution >= 0.6 is 0 Å².